The molecule has 0 spiro atoms. The van der Waals surface area contributed by atoms with Crippen molar-refractivity contribution in [2.24, 2.45) is 0 Å². The van der Waals surface area contributed by atoms with Gasteiger partial charge in [0.1, 0.15) is 11.8 Å². The number of carbonyl (C=O) groups excluding carboxylic acids is 1. The lowest BCUT2D eigenvalue weighted by atomic mass is 9.93. The van der Waals surface area contributed by atoms with Gasteiger partial charge < -0.3 is 14.8 Å². The molecule has 2 fully saturated rings. The first-order valence-corrected chi connectivity index (χ1v) is 8.01. The summed E-state index contributed by atoms with van der Waals surface area (Å²) in [5.41, 5.74) is 1.45. The molecule has 0 radical (unpaired) electrons. The molecule has 1 aliphatic carbocycles. The van der Waals surface area contributed by atoms with Gasteiger partial charge in [-0.25, -0.2) is 15.0 Å². The van der Waals surface area contributed by atoms with Crippen molar-refractivity contribution in [2.45, 2.75) is 38.1 Å². The average Bonchev–Trinajstić information content (AvgIpc) is 3.04. The minimum absolute atomic E-state index is 0.212. The second-order valence-corrected chi connectivity index (χ2v) is 6.10. The predicted octanol–water partition coefficient (Wildman–Crippen LogP) is 1.33. The van der Waals surface area contributed by atoms with E-state index in [9.17, 15) is 4.79 Å². The summed E-state index contributed by atoms with van der Waals surface area (Å²) in [6.45, 7) is 1.98. The summed E-state index contributed by atoms with van der Waals surface area (Å²) in [7, 11) is 0. The molecule has 1 saturated carbocycles. The maximum absolute atomic E-state index is 12.6. The zero-order valence-electron chi connectivity index (χ0n) is 12.5. The van der Waals surface area contributed by atoms with E-state index < -0.39 is 0 Å². The number of piperazine rings is 1. The maximum atomic E-state index is 12.6. The smallest absolute Gasteiger partial charge is 0.242 e. The highest BCUT2D eigenvalue weighted by Crippen LogP contribution is 2.26. The molecule has 7 heteroatoms. The Morgan fingerprint density at radius 2 is 1.95 bits per heavy atom. The molecule has 22 heavy (non-hydrogen) atoms. The first-order chi connectivity index (χ1) is 10.8. The van der Waals surface area contributed by atoms with Crippen molar-refractivity contribution in [2.75, 3.05) is 24.5 Å². The van der Waals surface area contributed by atoms with Crippen molar-refractivity contribution in [1.29, 1.82) is 0 Å². The Hall–Kier alpha value is -2.18. The standard InChI is InChI=1S/C15H20N6O/c22-12-8-20(6-7-21(12)11-4-2-1-3-5-11)15-13-14(17-9-16-13)18-10-19-15/h9-11H,1-8H2,(H,16,17,18,19). The number of carbonyl (C=O) groups is 1. The summed E-state index contributed by atoms with van der Waals surface area (Å²) in [6.07, 6.45) is 9.24. The number of nitrogens with one attached hydrogen (secondary N) is 1. The first kappa shape index (κ1) is 13.5. The van der Waals surface area contributed by atoms with Crippen molar-refractivity contribution in [3.63, 3.8) is 0 Å². The van der Waals surface area contributed by atoms with Crippen LogP contribution in [-0.4, -0.2) is 56.4 Å². The molecule has 3 heterocycles. The SMILES string of the molecule is O=C1CN(c2ncnc3nc[nH]c23)CCN1C1CCCCC1. The molecule has 2 aliphatic rings. The molecule has 1 saturated heterocycles. The van der Waals surface area contributed by atoms with Crippen LogP contribution in [-0.2, 0) is 4.79 Å². The number of fused-ring (bicyclic) bond motifs is 1. The maximum Gasteiger partial charge on any atom is 0.242 e. The van der Waals surface area contributed by atoms with Gasteiger partial charge in [0.2, 0.25) is 5.91 Å². The van der Waals surface area contributed by atoms with Crippen LogP contribution < -0.4 is 4.90 Å². The number of rotatable bonds is 2. The average molecular weight is 300 g/mol. The van der Waals surface area contributed by atoms with Crippen LogP contribution in [0.4, 0.5) is 5.82 Å². The predicted molar refractivity (Wildman–Crippen MR) is 82.5 cm³/mol. The van der Waals surface area contributed by atoms with Crippen LogP contribution in [0.5, 0.6) is 0 Å². The molecule has 0 aromatic carbocycles. The summed E-state index contributed by atoms with van der Waals surface area (Å²) in [5, 5.41) is 0. The fraction of sp³-hybridized carbons (Fsp3) is 0.600. The summed E-state index contributed by atoms with van der Waals surface area (Å²) < 4.78 is 0. The van der Waals surface area contributed by atoms with Gasteiger partial charge in [-0.3, -0.25) is 4.79 Å². The summed E-state index contributed by atoms with van der Waals surface area (Å²) >= 11 is 0. The van der Waals surface area contributed by atoms with Crippen LogP contribution in [0.1, 0.15) is 32.1 Å². The van der Waals surface area contributed by atoms with Crippen molar-refractivity contribution in [1.82, 2.24) is 24.8 Å². The van der Waals surface area contributed by atoms with Gasteiger partial charge in [-0.15, -0.1) is 0 Å². The molecule has 1 aliphatic heterocycles. The van der Waals surface area contributed by atoms with Gasteiger partial charge in [-0.2, -0.15) is 0 Å². The summed E-state index contributed by atoms with van der Waals surface area (Å²) in [5.74, 6) is 0.989. The Morgan fingerprint density at radius 1 is 1.09 bits per heavy atom. The highest BCUT2D eigenvalue weighted by Gasteiger charge is 2.31. The van der Waals surface area contributed by atoms with Crippen LogP contribution in [0.25, 0.3) is 11.2 Å². The zero-order valence-corrected chi connectivity index (χ0v) is 12.5. The fourth-order valence-electron chi connectivity index (χ4n) is 3.64. The van der Waals surface area contributed by atoms with Gasteiger partial charge in [-0.05, 0) is 12.8 Å². The van der Waals surface area contributed by atoms with E-state index in [-0.39, 0.29) is 5.91 Å². The Balaban J connectivity index is 1.52. The van der Waals surface area contributed by atoms with E-state index in [0.717, 1.165) is 37.3 Å². The number of H-pyrrole nitrogens is 1. The molecular weight excluding hydrogens is 280 g/mol. The van der Waals surface area contributed by atoms with E-state index in [4.69, 9.17) is 0 Å². The molecule has 4 rings (SSSR count). The van der Waals surface area contributed by atoms with Crippen LogP contribution in [0, 0.1) is 0 Å². The monoisotopic (exact) mass is 300 g/mol. The van der Waals surface area contributed by atoms with Crippen molar-refractivity contribution >= 4 is 22.9 Å². The van der Waals surface area contributed by atoms with Crippen molar-refractivity contribution in [3.05, 3.63) is 12.7 Å². The Morgan fingerprint density at radius 3 is 2.77 bits per heavy atom. The molecule has 7 nitrogen and oxygen atoms in total. The minimum atomic E-state index is 0.212. The van der Waals surface area contributed by atoms with Gasteiger partial charge in [0.05, 0.1) is 12.9 Å². The van der Waals surface area contributed by atoms with Gasteiger partial charge in [0.25, 0.3) is 0 Å². The number of aromatic nitrogens is 4. The number of aromatic amines is 1. The molecule has 0 bridgehead atoms. The van der Waals surface area contributed by atoms with E-state index in [2.05, 4.69) is 24.8 Å². The largest absolute Gasteiger partial charge is 0.344 e. The second kappa shape index (κ2) is 5.55. The lowest BCUT2D eigenvalue weighted by Crippen LogP contribution is -2.54. The van der Waals surface area contributed by atoms with Crippen LogP contribution in [0.15, 0.2) is 12.7 Å². The second-order valence-electron chi connectivity index (χ2n) is 6.10. The number of amides is 1. The van der Waals surface area contributed by atoms with Gasteiger partial charge >= 0.3 is 0 Å². The van der Waals surface area contributed by atoms with Crippen molar-refractivity contribution < 1.29 is 4.79 Å². The topological polar surface area (TPSA) is 78.0 Å². The fourth-order valence-corrected chi connectivity index (χ4v) is 3.64. The number of anilines is 1. The molecule has 2 aromatic heterocycles. The van der Waals surface area contributed by atoms with Crippen LogP contribution in [0.3, 0.4) is 0 Å². The third-order valence-corrected chi connectivity index (χ3v) is 4.78. The summed E-state index contributed by atoms with van der Waals surface area (Å²) in [6, 6.07) is 0.445. The van der Waals surface area contributed by atoms with Gasteiger partial charge in [0, 0.05) is 19.1 Å². The number of hydrogen-bond donors (Lipinski definition) is 1. The Bertz CT molecular complexity index is 677. The van der Waals surface area contributed by atoms with E-state index in [1.165, 1.54) is 25.6 Å². The quantitative estimate of drug-likeness (QED) is 0.905. The number of nitrogens with zero attached hydrogens (tertiary/aromatic N) is 5. The molecule has 2 aromatic rings. The van der Waals surface area contributed by atoms with Crippen molar-refractivity contribution in [3.8, 4) is 0 Å². The van der Waals surface area contributed by atoms with E-state index in [1.807, 2.05) is 4.90 Å². The number of hydrogen-bond acceptors (Lipinski definition) is 5. The third-order valence-electron chi connectivity index (χ3n) is 4.78. The van der Waals surface area contributed by atoms with Crippen LogP contribution in [0.2, 0.25) is 0 Å². The first-order valence-electron chi connectivity index (χ1n) is 8.01. The normalized spacial score (nSPS) is 20.8. The van der Waals surface area contributed by atoms with Gasteiger partial charge in [-0.1, -0.05) is 19.3 Å². The minimum Gasteiger partial charge on any atom is -0.344 e. The van der Waals surface area contributed by atoms with E-state index in [1.54, 1.807) is 6.33 Å². The lowest BCUT2D eigenvalue weighted by molar-refractivity contribution is -0.134. The molecule has 1 N–H and O–H groups in total. The third kappa shape index (κ3) is 2.30. The number of imidazole rings is 1. The Kier molecular flexibility index (Phi) is 3.40. The molecule has 1 amide bonds. The molecule has 0 atom stereocenters. The molecule has 0 unspecified atom stereocenters. The molecular formula is C15H20N6O. The van der Waals surface area contributed by atoms with Crippen LogP contribution >= 0.6 is 0 Å². The van der Waals surface area contributed by atoms with E-state index in [0.29, 0.717) is 18.2 Å². The Labute approximate surface area is 128 Å². The van der Waals surface area contributed by atoms with E-state index >= 15 is 0 Å². The summed E-state index contributed by atoms with van der Waals surface area (Å²) in [4.78, 5) is 32.4. The zero-order chi connectivity index (χ0) is 14.9. The lowest BCUT2D eigenvalue weighted by Gasteiger charge is -2.40. The highest BCUT2D eigenvalue weighted by molar-refractivity contribution is 5.88. The van der Waals surface area contributed by atoms with Gasteiger partial charge in [0.15, 0.2) is 11.5 Å². The highest BCUT2D eigenvalue weighted by atomic mass is 16.2. The molecule has 116 valence electrons.